The van der Waals surface area contributed by atoms with Crippen LogP contribution in [0.3, 0.4) is 0 Å². The molecule has 2 heteroatoms. The summed E-state index contributed by atoms with van der Waals surface area (Å²) < 4.78 is 0. The zero-order valence-electron chi connectivity index (χ0n) is 14.3. The van der Waals surface area contributed by atoms with Gasteiger partial charge in [0.25, 0.3) is 0 Å². The monoisotopic (exact) mass is 304 g/mol. The van der Waals surface area contributed by atoms with Crippen LogP contribution in [0.4, 0.5) is 0 Å². The standard InChI is InChI=1S/C20H32O2/c1-13-14-5-6-16-19(3)9-4-8-18(2,12-21)15(19)7-10-20(16,11-14)17(13)22/h14-17,21-22H,1,4-12H2,2-3H3. The zero-order valence-corrected chi connectivity index (χ0v) is 14.3. The molecule has 4 fully saturated rings. The van der Waals surface area contributed by atoms with E-state index in [4.69, 9.17) is 0 Å². The minimum atomic E-state index is -0.273. The fourth-order valence-corrected chi connectivity index (χ4v) is 7.68. The first-order valence-corrected chi connectivity index (χ1v) is 9.35. The predicted octanol–water partition coefficient (Wildman–Crippen LogP) is 3.92. The first kappa shape index (κ1) is 15.2. The van der Waals surface area contributed by atoms with E-state index >= 15 is 0 Å². The molecule has 7 unspecified atom stereocenters. The molecule has 0 aromatic carbocycles. The second-order valence-corrected chi connectivity index (χ2v) is 9.50. The van der Waals surface area contributed by atoms with E-state index in [0.717, 1.165) is 12.0 Å². The minimum Gasteiger partial charge on any atom is -0.396 e. The third kappa shape index (κ3) is 1.64. The van der Waals surface area contributed by atoms with Crippen LogP contribution in [0.2, 0.25) is 0 Å². The van der Waals surface area contributed by atoms with E-state index < -0.39 is 0 Å². The smallest absolute Gasteiger partial charge is 0.0809 e. The summed E-state index contributed by atoms with van der Waals surface area (Å²) in [4.78, 5) is 0. The first-order valence-electron chi connectivity index (χ1n) is 9.35. The van der Waals surface area contributed by atoms with Crippen LogP contribution in [0.15, 0.2) is 12.2 Å². The normalized spacial score (nSPS) is 57.4. The van der Waals surface area contributed by atoms with Gasteiger partial charge >= 0.3 is 0 Å². The number of aliphatic hydroxyl groups excluding tert-OH is 2. The molecule has 4 rings (SSSR count). The Balaban J connectivity index is 1.76. The van der Waals surface area contributed by atoms with E-state index in [1.54, 1.807) is 0 Å². The van der Waals surface area contributed by atoms with Crippen molar-refractivity contribution in [3.8, 4) is 0 Å². The summed E-state index contributed by atoms with van der Waals surface area (Å²) >= 11 is 0. The Labute approximate surface area is 135 Å². The molecule has 4 aliphatic rings. The van der Waals surface area contributed by atoms with Gasteiger partial charge in [-0.15, -0.1) is 0 Å². The van der Waals surface area contributed by atoms with Crippen LogP contribution in [-0.4, -0.2) is 22.9 Å². The van der Waals surface area contributed by atoms with Gasteiger partial charge in [-0.2, -0.15) is 0 Å². The van der Waals surface area contributed by atoms with Gasteiger partial charge in [-0.3, -0.25) is 0 Å². The molecule has 0 aromatic rings. The Hall–Kier alpha value is -0.340. The summed E-state index contributed by atoms with van der Waals surface area (Å²) in [5, 5.41) is 21.1. The zero-order chi connectivity index (χ0) is 15.8. The molecule has 0 saturated heterocycles. The molecule has 0 heterocycles. The van der Waals surface area contributed by atoms with Gasteiger partial charge in [-0.1, -0.05) is 26.8 Å². The van der Waals surface area contributed by atoms with Gasteiger partial charge in [0.2, 0.25) is 0 Å². The Kier molecular flexibility index (Phi) is 3.18. The van der Waals surface area contributed by atoms with Crippen molar-refractivity contribution >= 4 is 0 Å². The van der Waals surface area contributed by atoms with Crippen LogP contribution in [-0.2, 0) is 0 Å². The fraction of sp³-hybridized carbons (Fsp3) is 0.900. The Morgan fingerprint density at radius 1 is 1.09 bits per heavy atom. The topological polar surface area (TPSA) is 40.5 Å². The van der Waals surface area contributed by atoms with Crippen molar-refractivity contribution in [2.45, 2.75) is 71.3 Å². The van der Waals surface area contributed by atoms with Gasteiger partial charge in [-0.25, -0.2) is 0 Å². The van der Waals surface area contributed by atoms with Gasteiger partial charge in [-0.05, 0) is 79.1 Å². The van der Waals surface area contributed by atoms with Crippen molar-refractivity contribution in [3.63, 3.8) is 0 Å². The maximum Gasteiger partial charge on any atom is 0.0809 e. The van der Waals surface area contributed by atoms with Gasteiger partial charge in [0, 0.05) is 12.0 Å². The van der Waals surface area contributed by atoms with E-state index in [1.807, 2.05) is 0 Å². The third-order valence-corrected chi connectivity index (χ3v) is 8.70. The summed E-state index contributed by atoms with van der Waals surface area (Å²) in [6.45, 7) is 9.37. The molecule has 0 amide bonds. The first-order chi connectivity index (χ1) is 10.4. The highest BCUT2D eigenvalue weighted by atomic mass is 16.3. The number of aliphatic hydroxyl groups is 2. The minimum absolute atomic E-state index is 0.0893. The average Bonchev–Trinajstić information content (AvgIpc) is 2.68. The molecule has 2 N–H and O–H groups in total. The summed E-state index contributed by atoms with van der Waals surface area (Å²) in [6.07, 6.45) is 9.39. The second-order valence-electron chi connectivity index (χ2n) is 9.50. The molecule has 4 saturated carbocycles. The molecule has 2 nitrogen and oxygen atoms in total. The lowest BCUT2D eigenvalue weighted by atomic mass is 9.41. The van der Waals surface area contributed by atoms with E-state index in [0.29, 0.717) is 29.8 Å². The van der Waals surface area contributed by atoms with Gasteiger partial charge in [0.05, 0.1) is 6.10 Å². The Bertz CT molecular complexity index is 500. The van der Waals surface area contributed by atoms with Crippen LogP contribution < -0.4 is 0 Å². The lowest BCUT2D eigenvalue weighted by Gasteiger charge is -2.64. The van der Waals surface area contributed by atoms with Crippen LogP contribution in [0.25, 0.3) is 0 Å². The highest BCUT2D eigenvalue weighted by Crippen LogP contribution is 2.71. The van der Waals surface area contributed by atoms with Gasteiger partial charge in [0.15, 0.2) is 0 Å². The molecule has 2 bridgehead atoms. The van der Waals surface area contributed by atoms with Crippen LogP contribution in [0.1, 0.15) is 65.2 Å². The van der Waals surface area contributed by atoms with E-state index in [9.17, 15) is 10.2 Å². The largest absolute Gasteiger partial charge is 0.396 e. The predicted molar refractivity (Wildman–Crippen MR) is 88.3 cm³/mol. The number of hydrogen-bond donors (Lipinski definition) is 2. The molecular formula is C20H32O2. The highest BCUT2D eigenvalue weighted by molar-refractivity contribution is 5.27. The lowest BCUT2D eigenvalue weighted by molar-refractivity contribution is -0.178. The van der Waals surface area contributed by atoms with Crippen molar-refractivity contribution in [2.75, 3.05) is 6.61 Å². The number of hydrogen-bond acceptors (Lipinski definition) is 2. The molecule has 1 spiro atoms. The lowest BCUT2D eigenvalue weighted by Crippen LogP contribution is -2.59. The summed E-state index contributed by atoms with van der Waals surface area (Å²) in [5.41, 5.74) is 1.63. The maximum absolute atomic E-state index is 11.0. The van der Waals surface area contributed by atoms with Crippen LogP contribution in [0, 0.1) is 34.0 Å². The summed E-state index contributed by atoms with van der Waals surface area (Å²) in [7, 11) is 0. The van der Waals surface area contributed by atoms with Crippen molar-refractivity contribution < 1.29 is 10.2 Å². The number of rotatable bonds is 1. The molecule has 124 valence electrons. The molecule has 7 atom stereocenters. The van der Waals surface area contributed by atoms with Gasteiger partial charge < -0.3 is 10.2 Å². The van der Waals surface area contributed by atoms with Crippen molar-refractivity contribution in [2.24, 2.45) is 34.0 Å². The van der Waals surface area contributed by atoms with Crippen molar-refractivity contribution in [1.82, 2.24) is 0 Å². The quantitative estimate of drug-likeness (QED) is 0.721. The second kappa shape index (κ2) is 4.60. The SMILES string of the molecule is C=C1C2CCC3C4(C)CCCC(C)(CO)C4CCC3(C2)C1O. The average molecular weight is 304 g/mol. The van der Waals surface area contributed by atoms with E-state index in [1.165, 1.54) is 44.9 Å². The summed E-state index contributed by atoms with van der Waals surface area (Å²) in [6, 6.07) is 0. The molecule has 0 aromatic heterocycles. The Morgan fingerprint density at radius 3 is 2.59 bits per heavy atom. The van der Waals surface area contributed by atoms with Gasteiger partial charge in [0.1, 0.15) is 0 Å². The van der Waals surface area contributed by atoms with Crippen LogP contribution in [0.5, 0.6) is 0 Å². The van der Waals surface area contributed by atoms with E-state index in [-0.39, 0.29) is 16.9 Å². The molecule has 4 aliphatic carbocycles. The highest BCUT2D eigenvalue weighted by Gasteiger charge is 2.66. The third-order valence-electron chi connectivity index (χ3n) is 8.70. The molecule has 22 heavy (non-hydrogen) atoms. The van der Waals surface area contributed by atoms with Crippen LogP contribution >= 0.6 is 0 Å². The number of fused-ring (bicyclic) bond motifs is 3. The summed E-state index contributed by atoms with van der Waals surface area (Å²) in [5.74, 6) is 1.81. The molecule has 0 radical (unpaired) electrons. The Morgan fingerprint density at radius 2 is 1.86 bits per heavy atom. The van der Waals surface area contributed by atoms with E-state index in [2.05, 4.69) is 20.4 Å². The fourth-order valence-electron chi connectivity index (χ4n) is 7.68. The molecular weight excluding hydrogens is 272 g/mol. The maximum atomic E-state index is 11.0. The van der Waals surface area contributed by atoms with Crippen molar-refractivity contribution in [3.05, 3.63) is 12.2 Å². The van der Waals surface area contributed by atoms with Crippen molar-refractivity contribution in [1.29, 1.82) is 0 Å². The molecule has 0 aliphatic heterocycles.